The number of nitrogens with one attached hydrogen (secondary N) is 2. The molecule has 2 aromatic carbocycles. The van der Waals surface area contributed by atoms with Crippen LogP contribution in [0.2, 0.25) is 0 Å². The van der Waals surface area contributed by atoms with Gasteiger partial charge >= 0.3 is 0 Å². The lowest BCUT2D eigenvalue weighted by Crippen LogP contribution is -2.21. The summed E-state index contributed by atoms with van der Waals surface area (Å²) in [5, 5.41) is 14.2. The Morgan fingerprint density at radius 1 is 0.960 bits per heavy atom. The second-order valence-electron chi connectivity index (χ2n) is 6.79. The van der Waals surface area contributed by atoms with Crippen LogP contribution in [0.5, 0.6) is 0 Å². The summed E-state index contributed by atoms with van der Waals surface area (Å²) in [5.41, 5.74) is 2.80. The number of rotatable bonds is 4. The molecule has 0 aliphatic rings. The van der Waals surface area contributed by atoms with Crippen molar-refractivity contribution in [2.75, 3.05) is 10.6 Å². The van der Waals surface area contributed by atoms with Crippen LogP contribution in [0.3, 0.4) is 0 Å². The first-order valence-corrected chi connectivity index (χ1v) is 7.98. The molecule has 0 aliphatic heterocycles. The maximum absolute atomic E-state index is 12.0. The molecule has 0 unspecified atom stereocenters. The second kappa shape index (κ2) is 7.63. The van der Waals surface area contributed by atoms with Crippen LogP contribution in [0.15, 0.2) is 48.5 Å². The fourth-order valence-corrected chi connectivity index (χ4v) is 2.28. The van der Waals surface area contributed by atoms with Crippen LogP contribution in [-0.2, 0) is 15.0 Å². The van der Waals surface area contributed by atoms with Gasteiger partial charge in [0.2, 0.25) is 11.8 Å². The lowest BCUT2D eigenvalue weighted by atomic mass is 9.87. The van der Waals surface area contributed by atoms with Crippen molar-refractivity contribution in [1.82, 2.24) is 0 Å². The largest absolute Gasteiger partial charge is 0.326 e. The van der Waals surface area contributed by atoms with Gasteiger partial charge in [-0.25, -0.2) is 0 Å². The first kappa shape index (κ1) is 18.2. The molecule has 2 amide bonds. The number of hydrogen-bond donors (Lipinski definition) is 2. The molecule has 0 saturated carbocycles. The number of carbonyl (C=O) groups is 2. The summed E-state index contributed by atoms with van der Waals surface area (Å²) in [4.78, 5) is 23.9. The monoisotopic (exact) mass is 335 g/mol. The minimum atomic E-state index is -0.432. The molecule has 128 valence electrons. The van der Waals surface area contributed by atoms with Gasteiger partial charge in [0.25, 0.3) is 0 Å². The summed E-state index contributed by atoms with van der Waals surface area (Å²) in [5.74, 6) is -0.823. The fourth-order valence-electron chi connectivity index (χ4n) is 2.28. The number of benzene rings is 2. The normalized spacial score (nSPS) is 10.6. The molecule has 0 spiro atoms. The molecule has 2 aromatic rings. The van der Waals surface area contributed by atoms with Gasteiger partial charge in [-0.3, -0.25) is 9.59 Å². The Labute approximate surface area is 147 Å². The highest BCUT2D eigenvalue weighted by Gasteiger charge is 2.14. The first-order valence-electron chi connectivity index (χ1n) is 7.98. The zero-order chi connectivity index (χ0) is 18.4. The molecule has 0 atom stereocenters. The van der Waals surface area contributed by atoms with Crippen LogP contribution >= 0.6 is 0 Å². The molecule has 0 bridgehead atoms. The van der Waals surface area contributed by atoms with Crippen LogP contribution < -0.4 is 10.6 Å². The molecule has 0 saturated heterocycles. The lowest BCUT2D eigenvalue weighted by molar-refractivity contribution is -0.123. The molecule has 0 aliphatic carbocycles. The van der Waals surface area contributed by atoms with Gasteiger partial charge in [-0.15, -0.1) is 0 Å². The molecule has 25 heavy (non-hydrogen) atoms. The Bertz CT molecular complexity index is 812. The van der Waals surface area contributed by atoms with Crippen LogP contribution in [0, 0.1) is 11.3 Å². The maximum atomic E-state index is 12.0. The molecule has 0 heterocycles. The molecule has 0 aromatic heterocycles. The Kier molecular flexibility index (Phi) is 5.56. The predicted octanol–water partition coefficient (Wildman–Crippen LogP) is 3.82. The van der Waals surface area contributed by atoms with Gasteiger partial charge in [-0.05, 0) is 41.3 Å². The van der Waals surface area contributed by atoms with Crippen LogP contribution in [0.4, 0.5) is 11.4 Å². The summed E-state index contributed by atoms with van der Waals surface area (Å²) < 4.78 is 0. The van der Waals surface area contributed by atoms with Gasteiger partial charge in [-0.2, -0.15) is 5.26 Å². The lowest BCUT2D eigenvalue weighted by Gasteiger charge is -2.19. The van der Waals surface area contributed by atoms with Crippen molar-refractivity contribution >= 4 is 23.2 Å². The third kappa shape index (κ3) is 5.47. The topological polar surface area (TPSA) is 82.0 Å². The Hall–Kier alpha value is -3.13. The third-order valence-corrected chi connectivity index (χ3v) is 3.63. The first-order chi connectivity index (χ1) is 11.8. The molecule has 2 N–H and O–H groups in total. The average molecular weight is 335 g/mol. The van der Waals surface area contributed by atoms with Gasteiger partial charge in [0.15, 0.2) is 0 Å². The van der Waals surface area contributed by atoms with E-state index in [9.17, 15) is 9.59 Å². The van der Waals surface area contributed by atoms with Crippen molar-refractivity contribution < 1.29 is 9.59 Å². The van der Waals surface area contributed by atoms with E-state index >= 15 is 0 Å². The number of nitrogens with zero attached hydrogens (tertiary/aromatic N) is 1. The highest BCUT2D eigenvalue weighted by atomic mass is 16.2. The van der Waals surface area contributed by atoms with Gasteiger partial charge < -0.3 is 10.6 Å². The molecule has 0 fully saturated rings. The van der Waals surface area contributed by atoms with E-state index in [-0.39, 0.29) is 11.8 Å². The molecular formula is C20H21N3O2. The summed E-state index contributed by atoms with van der Waals surface area (Å²) in [6, 6.07) is 16.1. The fraction of sp³-hybridized carbons (Fsp3) is 0.250. The number of nitriles is 1. The van der Waals surface area contributed by atoms with Crippen LogP contribution in [-0.4, -0.2) is 11.8 Å². The highest BCUT2D eigenvalue weighted by Crippen LogP contribution is 2.23. The summed E-state index contributed by atoms with van der Waals surface area (Å²) >= 11 is 0. The number of carbonyl (C=O) groups excluding carboxylic acids is 2. The van der Waals surface area contributed by atoms with E-state index in [1.807, 2.05) is 30.3 Å². The van der Waals surface area contributed by atoms with Crippen LogP contribution in [0.1, 0.15) is 38.3 Å². The molecule has 2 rings (SSSR count). The smallest absolute Gasteiger partial charge is 0.233 e. The molecule has 5 nitrogen and oxygen atoms in total. The zero-order valence-electron chi connectivity index (χ0n) is 14.6. The standard InChI is InChI=1S/C20H21N3O2/c1-20(2,3)15-7-9-16(10-8-15)22-18(24)12-19(25)23-17-6-4-5-14(11-17)13-21/h4-11H,12H2,1-3H3,(H,22,24)(H,23,25). The highest BCUT2D eigenvalue weighted by molar-refractivity contribution is 6.08. The van der Waals surface area contributed by atoms with E-state index in [4.69, 9.17) is 5.26 Å². The van der Waals surface area contributed by atoms with Crippen molar-refractivity contribution in [3.63, 3.8) is 0 Å². The quantitative estimate of drug-likeness (QED) is 0.833. The Morgan fingerprint density at radius 3 is 2.12 bits per heavy atom. The summed E-state index contributed by atoms with van der Waals surface area (Å²) in [6.45, 7) is 6.35. The summed E-state index contributed by atoms with van der Waals surface area (Å²) in [6.07, 6.45) is -0.294. The van der Waals surface area contributed by atoms with Crippen molar-refractivity contribution in [2.24, 2.45) is 0 Å². The van der Waals surface area contributed by atoms with E-state index in [0.717, 1.165) is 0 Å². The number of amides is 2. The number of anilines is 2. The van der Waals surface area contributed by atoms with E-state index in [1.165, 1.54) is 5.56 Å². The number of hydrogen-bond acceptors (Lipinski definition) is 3. The Morgan fingerprint density at radius 2 is 1.56 bits per heavy atom. The van der Waals surface area contributed by atoms with E-state index < -0.39 is 11.8 Å². The van der Waals surface area contributed by atoms with E-state index in [0.29, 0.717) is 16.9 Å². The Balaban J connectivity index is 1.91. The minimum absolute atomic E-state index is 0.0421. The predicted molar refractivity (Wildman–Crippen MR) is 98.2 cm³/mol. The van der Waals surface area contributed by atoms with Crippen LogP contribution in [0.25, 0.3) is 0 Å². The van der Waals surface area contributed by atoms with E-state index in [2.05, 4.69) is 31.4 Å². The van der Waals surface area contributed by atoms with Gasteiger partial charge in [0, 0.05) is 11.4 Å². The summed E-state index contributed by atoms with van der Waals surface area (Å²) in [7, 11) is 0. The second-order valence-corrected chi connectivity index (χ2v) is 6.79. The minimum Gasteiger partial charge on any atom is -0.326 e. The average Bonchev–Trinajstić information content (AvgIpc) is 2.54. The molecule has 0 radical (unpaired) electrons. The van der Waals surface area contributed by atoms with Crippen molar-refractivity contribution in [3.8, 4) is 6.07 Å². The van der Waals surface area contributed by atoms with Crippen molar-refractivity contribution in [3.05, 3.63) is 59.7 Å². The van der Waals surface area contributed by atoms with Crippen molar-refractivity contribution in [1.29, 1.82) is 5.26 Å². The SMILES string of the molecule is CC(C)(C)c1ccc(NC(=O)CC(=O)Nc2cccc(C#N)c2)cc1. The van der Waals surface area contributed by atoms with Gasteiger partial charge in [-0.1, -0.05) is 39.0 Å². The van der Waals surface area contributed by atoms with Gasteiger partial charge in [0.05, 0.1) is 11.6 Å². The zero-order valence-corrected chi connectivity index (χ0v) is 14.6. The molecular weight excluding hydrogens is 314 g/mol. The van der Waals surface area contributed by atoms with E-state index in [1.54, 1.807) is 24.3 Å². The van der Waals surface area contributed by atoms with Crippen molar-refractivity contribution in [2.45, 2.75) is 32.6 Å². The molecule has 5 heteroatoms. The maximum Gasteiger partial charge on any atom is 0.233 e. The third-order valence-electron chi connectivity index (χ3n) is 3.63. The van der Waals surface area contributed by atoms with Gasteiger partial charge in [0.1, 0.15) is 6.42 Å².